The molecule has 0 saturated heterocycles. The summed E-state index contributed by atoms with van der Waals surface area (Å²) in [7, 11) is 1.47. The van der Waals surface area contributed by atoms with Gasteiger partial charge in [-0.05, 0) is 42.1 Å². The smallest absolute Gasteiger partial charge is 0.387 e. The highest BCUT2D eigenvalue weighted by Crippen LogP contribution is 2.43. The predicted octanol–water partition coefficient (Wildman–Crippen LogP) is 9.39. The van der Waals surface area contributed by atoms with E-state index < -0.39 is 24.9 Å². The van der Waals surface area contributed by atoms with Gasteiger partial charge in [0.1, 0.15) is 13.2 Å². The molecular formula is C41H74N6O9P+. The Bertz CT molecular complexity index is 1470. The van der Waals surface area contributed by atoms with Gasteiger partial charge in [-0.1, -0.05) is 128 Å². The molecular weight excluding hydrogens is 751 g/mol. The highest BCUT2D eigenvalue weighted by Gasteiger charge is 2.28. The summed E-state index contributed by atoms with van der Waals surface area (Å²) in [5, 5.41) is 35.7. The molecule has 57 heavy (non-hydrogen) atoms. The molecule has 0 aliphatic carbocycles. The minimum absolute atomic E-state index is 0.0334. The maximum Gasteiger partial charge on any atom is 0.472 e. The summed E-state index contributed by atoms with van der Waals surface area (Å²) in [4.78, 5) is 33.8. The van der Waals surface area contributed by atoms with Gasteiger partial charge in [-0.2, -0.15) is 0 Å². The molecule has 0 radical (unpaired) electrons. The lowest BCUT2D eigenvalue weighted by atomic mass is 10.0. The van der Waals surface area contributed by atoms with Crippen molar-refractivity contribution in [3.8, 4) is 0 Å². The van der Waals surface area contributed by atoms with Gasteiger partial charge in [-0.15, -0.1) is 0 Å². The molecule has 0 bridgehead atoms. The lowest BCUT2D eigenvalue weighted by Crippen LogP contribution is -2.45. The number of quaternary nitrogens is 1. The van der Waals surface area contributed by atoms with Crippen LogP contribution in [0.2, 0.25) is 0 Å². The SMILES string of the molecule is CCCCCCCCCCCCCC=CC(O)C(COP(=O)(O)OCC[N+](C)(C)C)NC(=O)CCCCCCCCCCCNc1ccc([N+](=O)[O-])c2nonc12. The molecule has 0 aliphatic heterocycles. The van der Waals surface area contributed by atoms with Crippen molar-refractivity contribution >= 4 is 36.1 Å². The first kappa shape index (κ1) is 50.2. The van der Waals surface area contributed by atoms with Crippen LogP contribution in [0, 0.1) is 10.1 Å². The molecule has 2 rings (SSSR count). The van der Waals surface area contributed by atoms with Crippen molar-refractivity contribution in [2.24, 2.45) is 0 Å². The number of phosphoric ester groups is 1. The van der Waals surface area contributed by atoms with E-state index >= 15 is 0 Å². The van der Waals surface area contributed by atoms with Crippen molar-refractivity contribution in [1.82, 2.24) is 15.6 Å². The quantitative estimate of drug-likeness (QED) is 0.0127. The van der Waals surface area contributed by atoms with E-state index in [1.54, 1.807) is 12.1 Å². The van der Waals surface area contributed by atoms with Gasteiger partial charge in [0.25, 0.3) is 0 Å². The number of phosphoric acid groups is 1. The highest BCUT2D eigenvalue weighted by atomic mass is 31.2. The van der Waals surface area contributed by atoms with E-state index in [0.29, 0.717) is 41.6 Å². The number of likely N-dealkylation sites (N-methyl/N-ethyl adjacent to an activating group) is 1. The van der Waals surface area contributed by atoms with E-state index in [1.807, 2.05) is 27.2 Å². The van der Waals surface area contributed by atoms with E-state index in [0.717, 1.165) is 70.6 Å². The Hall–Kier alpha value is -2.94. The van der Waals surface area contributed by atoms with Gasteiger partial charge in [-0.25, -0.2) is 9.19 Å². The zero-order valence-corrected chi connectivity index (χ0v) is 36.2. The number of carbonyl (C=O) groups is 1. The van der Waals surface area contributed by atoms with Crippen molar-refractivity contribution in [1.29, 1.82) is 0 Å². The van der Waals surface area contributed by atoms with E-state index in [4.69, 9.17) is 13.7 Å². The Kier molecular flexibility index (Phi) is 25.8. The third-order valence-corrected chi connectivity index (χ3v) is 11.0. The lowest BCUT2D eigenvalue weighted by Gasteiger charge is -2.25. The Morgan fingerprint density at radius 2 is 1.44 bits per heavy atom. The first-order chi connectivity index (χ1) is 27.3. The number of non-ortho nitro benzene ring substituents is 1. The number of hydrogen-bond donors (Lipinski definition) is 4. The van der Waals surface area contributed by atoms with Gasteiger partial charge in [0.15, 0.2) is 5.52 Å². The second-order valence-electron chi connectivity index (χ2n) is 16.2. The fourth-order valence-electron chi connectivity index (χ4n) is 6.46. The van der Waals surface area contributed by atoms with E-state index in [2.05, 4.69) is 27.9 Å². The Morgan fingerprint density at radius 3 is 2.04 bits per heavy atom. The van der Waals surface area contributed by atoms with Crippen molar-refractivity contribution < 1.29 is 42.4 Å². The van der Waals surface area contributed by atoms with Crippen LogP contribution in [0.3, 0.4) is 0 Å². The maximum atomic E-state index is 12.9. The van der Waals surface area contributed by atoms with Crippen LogP contribution >= 0.6 is 7.82 Å². The van der Waals surface area contributed by atoms with Crippen LogP contribution in [-0.4, -0.2) is 95.2 Å². The standard InChI is InChI=1S/C41H73N6O9P/c1-5-6-7-8-9-10-11-12-13-15-18-21-24-27-38(48)36(34-55-57(52,53)54-33-32-47(2,3)4)43-39(49)28-25-22-19-16-14-17-20-23-26-31-42-35-29-30-37(46(50)51)41-40(35)44-56-45-41/h24,27,29-30,36,38,48H,5-23,25-26,28,31-34H2,1-4H3,(H2-,42,43,45,49,52,53)/p+1. The third kappa shape index (κ3) is 23.9. The molecule has 0 aliphatic rings. The molecule has 15 nitrogen and oxygen atoms in total. The number of fused-ring (bicyclic) bond motifs is 1. The molecule has 1 heterocycles. The number of allylic oxidation sites excluding steroid dienone is 1. The van der Waals surface area contributed by atoms with Crippen molar-refractivity contribution in [3.63, 3.8) is 0 Å². The zero-order chi connectivity index (χ0) is 41.8. The molecule has 326 valence electrons. The van der Waals surface area contributed by atoms with Crippen LogP contribution in [0.15, 0.2) is 28.9 Å². The van der Waals surface area contributed by atoms with Gasteiger partial charge in [0, 0.05) is 19.0 Å². The van der Waals surface area contributed by atoms with Gasteiger partial charge < -0.3 is 25.1 Å². The van der Waals surface area contributed by atoms with Crippen molar-refractivity contribution in [2.75, 3.05) is 52.8 Å². The van der Waals surface area contributed by atoms with Crippen LogP contribution in [0.25, 0.3) is 11.0 Å². The highest BCUT2D eigenvalue weighted by molar-refractivity contribution is 7.47. The van der Waals surface area contributed by atoms with Crippen LogP contribution in [0.5, 0.6) is 0 Å². The van der Waals surface area contributed by atoms with E-state index in [-0.39, 0.29) is 30.3 Å². The molecule has 4 N–H and O–H groups in total. The molecule has 1 amide bonds. The number of carbonyl (C=O) groups excluding carboxylic acids is 1. The molecule has 16 heteroatoms. The summed E-state index contributed by atoms with van der Waals surface area (Å²) in [6, 6.07) is 2.14. The number of nitro groups is 1. The van der Waals surface area contributed by atoms with Crippen LogP contribution in [-0.2, 0) is 18.4 Å². The number of nitrogens with zero attached hydrogens (tertiary/aromatic N) is 4. The first-order valence-corrected chi connectivity index (χ1v) is 23.0. The monoisotopic (exact) mass is 826 g/mol. The number of amides is 1. The average Bonchev–Trinajstić information content (AvgIpc) is 3.65. The van der Waals surface area contributed by atoms with Crippen LogP contribution < -0.4 is 10.6 Å². The minimum atomic E-state index is -4.37. The fraction of sp³-hybridized carbons (Fsp3) is 0.780. The first-order valence-electron chi connectivity index (χ1n) is 21.5. The fourth-order valence-corrected chi connectivity index (χ4v) is 7.19. The summed E-state index contributed by atoms with van der Waals surface area (Å²) < 4.78 is 28.2. The largest absolute Gasteiger partial charge is 0.472 e. The number of unbranched alkanes of at least 4 members (excludes halogenated alkanes) is 19. The Morgan fingerprint density at radius 1 is 0.877 bits per heavy atom. The van der Waals surface area contributed by atoms with Gasteiger partial charge in [0.2, 0.25) is 11.4 Å². The van der Waals surface area contributed by atoms with Crippen LogP contribution in [0.4, 0.5) is 11.4 Å². The number of aliphatic hydroxyl groups excluding tert-OH is 1. The number of nitro benzene ring substituents is 1. The molecule has 1 aromatic heterocycles. The Labute approximate surface area is 341 Å². The van der Waals surface area contributed by atoms with Crippen molar-refractivity contribution in [2.45, 2.75) is 160 Å². The average molecular weight is 826 g/mol. The number of rotatable bonds is 36. The van der Waals surface area contributed by atoms with Gasteiger partial charge in [0.05, 0.1) is 50.5 Å². The summed E-state index contributed by atoms with van der Waals surface area (Å²) in [5.41, 5.74) is 1.03. The summed E-state index contributed by atoms with van der Waals surface area (Å²) in [6.07, 6.45) is 26.6. The molecule has 1 aromatic carbocycles. The summed E-state index contributed by atoms with van der Waals surface area (Å²) in [6.45, 7) is 3.14. The van der Waals surface area contributed by atoms with E-state index in [9.17, 15) is 29.5 Å². The predicted molar refractivity (Wildman–Crippen MR) is 226 cm³/mol. The number of aromatic nitrogens is 2. The van der Waals surface area contributed by atoms with Crippen molar-refractivity contribution in [3.05, 3.63) is 34.4 Å². The van der Waals surface area contributed by atoms with Crippen LogP contribution in [0.1, 0.15) is 148 Å². The zero-order valence-electron chi connectivity index (χ0n) is 35.3. The van der Waals surface area contributed by atoms with Gasteiger partial charge >= 0.3 is 13.5 Å². The molecule has 2 aromatic rings. The number of nitrogens with one attached hydrogen (secondary N) is 2. The van der Waals surface area contributed by atoms with Gasteiger partial charge in [-0.3, -0.25) is 24.0 Å². The topological polar surface area (TPSA) is 199 Å². The summed E-state index contributed by atoms with van der Waals surface area (Å²) in [5.74, 6) is -0.233. The molecule has 0 fully saturated rings. The Balaban J connectivity index is 1.64. The normalized spacial score (nSPS) is 14.2. The lowest BCUT2D eigenvalue weighted by molar-refractivity contribution is -0.870. The number of benzene rings is 1. The maximum absolute atomic E-state index is 12.9. The second-order valence-corrected chi connectivity index (χ2v) is 17.7. The molecule has 3 atom stereocenters. The summed E-state index contributed by atoms with van der Waals surface area (Å²) >= 11 is 0. The second kappa shape index (κ2) is 29.3. The number of aliphatic hydroxyl groups is 1. The molecule has 0 saturated carbocycles. The number of anilines is 1. The number of hydrogen-bond acceptors (Lipinski definition) is 11. The minimum Gasteiger partial charge on any atom is -0.387 e. The van der Waals surface area contributed by atoms with E-state index in [1.165, 1.54) is 63.9 Å². The third-order valence-electron chi connectivity index (χ3n) is 9.99. The molecule has 0 spiro atoms. The molecule has 3 unspecified atom stereocenters.